The molecule has 2 heterocycles. The minimum atomic E-state index is -0.686. The van der Waals surface area contributed by atoms with Crippen LogP contribution in [-0.4, -0.2) is 50.4 Å². The Balaban J connectivity index is 1.40. The van der Waals surface area contributed by atoms with Gasteiger partial charge in [0.05, 0.1) is 30.5 Å². The lowest BCUT2D eigenvalue weighted by Gasteiger charge is -2.14. The van der Waals surface area contributed by atoms with Gasteiger partial charge in [-0.1, -0.05) is 36.4 Å². The van der Waals surface area contributed by atoms with E-state index < -0.39 is 6.10 Å². The second-order valence-corrected chi connectivity index (χ2v) is 8.00. The van der Waals surface area contributed by atoms with Gasteiger partial charge in [-0.2, -0.15) is 5.10 Å². The number of allylic oxidation sites excluding steroid dienone is 1. The number of methoxy groups -OCH3 is 1. The van der Waals surface area contributed by atoms with Gasteiger partial charge in [0.2, 0.25) is 0 Å². The fraction of sp³-hybridized carbons (Fsp3) is 0.208. The summed E-state index contributed by atoms with van der Waals surface area (Å²) in [4.78, 5) is 8.77. The first-order valence-electron chi connectivity index (χ1n) is 10.2. The van der Waals surface area contributed by atoms with E-state index in [1.54, 1.807) is 18.0 Å². The fourth-order valence-electron chi connectivity index (χ4n) is 3.20. The highest BCUT2D eigenvalue weighted by Gasteiger charge is 2.14. The molecule has 0 aliphatic carbocycles. The number of hydrogen-bond acceptors (Lipinski definition) is 7. The minimum Gasteiger partial charge on any atom is -0.493 e. The molecule has 1 N–H and O–H groups in total. The summed E-state index contributed by atoms with van der Waals surface area (Å²) in [6.07, 6.45) is 6.54. The number of thioether (sulfide) groups is 1. The molecule has 4 rings (SSSR count). The van der Waals surface area contributed by atoms with Gasteiger partial charge in [-0.15, -0.1) is 11.8 Å². The summed E-state index contributed by atoms with van der Waals surface area (Å²) in [5.41, 5.74) is 2.68. The summed E-state index contributed by atoms with van der Waals surface area (Å²) in [7, 11) is 1.60. The van der Waals surface area contributed by atoms with Crippen LogP contribution in [0.3, 0.4) is 0 Å². The Morgan fingerprint density at radius 1 is 1.12 bits per heavy atom. The Kier molecular flexibility index (Phi) is 7.03. The SMILES string of the molecule is C/C=C/c1ccc(OCC(O)CSc2ncnc3c2cnn3-c2ccccc2)c(OC)c1. The summed E-state index contributed by atoms with van der Waals surface area (Å²) >= 11 is 1.45. The molecule has 0 aliphatic rings. The summed E-state index contributed by atoms with van der Waals surface area (Å²) in [6.45, 7) is 2.10. The first-order chi connectivity index (χ1) is 15.7. The monoisotopic (exact) mass is 448 g/mol. The molecule has 0 amide bonds. The van der Waals surface area contributed by atoms with Crippen molar-refractivity contribution in [2.45, 2.75) is 18.1 Å². The van der Waals surface area contributed by atoms with Gasteiger partial charge in [0.25, 0.3) is 0 Å². The van der Waals surface area contributed by atoms with Crippen molar-refractivity contribution in [3.63, 3.8) is 0 Å². The zero-order valence-electron chi connectivity index (χ0n) is 17.9. The van der Waals surface area contributed by atoms with Gasteiger partial charge < -0.3 is 14.6 Å². The lowest BCUT2D eigenvalue weighted by molar-refractivity contribution is 0.124. The zero-order chi connectivity index (χ0) is 22.3. The topological polar surface area (TPSA) is 82.3 Å². The van der Waals surface area contributed by atoms with Crippen LogP contribution in [-0.2, 0) is 0 Å². The minimum absolute atomic E-state index is 0.143. The molecular weight excluding hydrogens is 424 g/mol. The van der Waals surface area contributed by atoms with E-state index in [4.69, 9.17) is 9.47 Å². The van der Waals surface area contributed by atoms with Gasteiger partial charge >= 0.3 is 0 Å². The molecule has 0 fully saturated rings. The number of aromatic nitrogens is 4. The Bertz CT molecular complexity index is 1210. The van der Waals surface area contributed by atoms with Gasteiger partial charge in [0.1, 0.15) is 18.0 Å². The largest absolute Gasteiger partial charge is 0.493 e. The maximum absolute atomic E-state index is 10.5. The van der Waals surface area contributed by atoms with Gasteiger partial charge in [-0.3, -0.25) is 0 Å². The molecule has 0 saturated heterocycles. The third kappa shape index (κ3) is 4.92. The Labute approximate surface area is 190 Å². The van der Waals surface area contributed by atoms with E-state index in [0.717, 1.165) is 27.3 Å². The molecule has 0 radical (unpaired) electrons. The predicted octanol–water partition coefficient (Wildman–Crippen LogP) is 4.39. The molecule has 32 heavy (non-hydrogen) atoms. The Hall–Kier alpha value is -3.36. The van der Waals surface area contributed by atoms with Crippen molar-refractivity contribution in [3.8, 4) is 17.2 Å². The highest BCUT2D eigenvalue weighted by molar-refractivity contribution is 7.99. The van der Waals surface area contributed by atoms with E-state index in [0.29, 0.717) is 17.3 Å². The molecule has 2 aromatic carbocycles. The van der Waals surface area contributed by atoms with E-state index in [2.05, 4.69) is 15.1 Å². The number of para-hydroxylation sites is 1. The second kappa shape index (κ2) is 10.3. The van der Waals surface area contributed by atoms with E-state index in [9.17, 15) is 5.11 Å². The van der Waals surface area contributed by atoms with Gasteiger partial charge in [0, 0.05) is 5.75 Å². The lowest BCUT2D eigenvalue weighted by atomic mass is 10.2. The Morgan fingerprint density at radius 2 is 1.97 bits per heavy atom. The van der Waals surface area contributed by atoms with Gasteiger partial charge in [-0.25, -0.2) is 14.6 Å². The molecule has 1 atom stereocenters. The third-order valence-corrected chi connectivity index (χ3v) is 5.87. The number of fused-ring (bicyclic) bond motifs is 1. The zero-order valence-corrected chi connectivity index (χ0v) is 18.7. The van der Waals surface area contributed by atoms with Crippen molar-refractivity contribution in [2.24, 2.45) is 0 Å². The van der Waals surface area contributed by atoms with Crippen LogP contribution in [0.1, 0.15) is 12.5 Å². The van der Waals surface area contributed by atoms with E-state index in [1.165, 1.54) is 18.1 Å². The molecule has 0 spiro atoms. The number of benzene rings is 2. The number of rotatable bonds is 9. The predicted molar refractivity (Wildman–Crippen MR) is 127 cm³/mol. The molecule has 0 saturated carbocycles. The van der Waals surface area contributed by atoms with Crippen molar-refractivity contribution in [1.29, 1.82) is 0 Å². The molecule has 2 aromatic heterocycles. The number of nitrogens with zero attached hydrogens (tertiary/aromatic N) is 4. The third-order valence-electron chi connectivity index (χ3n) is 4.72. The van der Waals surface area contributed by atoms with Crippen LogP contribution in [0, 0.1) is 0 Å². The summed E-state index contributed by atoms with van der Waals surface area (Å²) in [5.74, 6) is 1.64. The van der Waals surface area contributed by atoms with Gasteiger partial charge in [-0.05, 0) is 36.8 Å². The molecule has 0 aliphatic heterocycles. The Morgan fingerprint density at radius 3 is 2.75 bits per heavy atom. The van der Waals surface area contributed by atoms with Crippen molar-refractivity contribution in [3.05, 3.63) is 72.7 Å². The number of aliphatic hydroxyl groups is 1. The smallest absolute Gasteiger partial charge is 0.167 e. The summed E-state index contributed by atoms with van der Waals surface area (Å²) in [5, 5.41) is 16.5. The molecule has 164 valence electrons. The fourth-order valence-corrected chi connectivity index (χ4v) is 4.07. The first-order valence-corrected chi connectivity index (χ1v) is 11.2. The quantitative estimate of drug-likeness (QED) is 0.300. The second-order valence-electron chi connectivity index (χ2n) is 6.99. The van der Waals surface area contributed by atoms with Crippen LogP contribution < -0.4 is 9.47 Å². The van der Waals surface area contributed by atoms with Crippen LogP contribution in [0.2, 0.25) is 0 Å². The van der Waals surface area contributed by atoms with E-state index in [-0.39, 0.29) is 6.61 Å². The van der Waals surface area contributed by atoms with Crippen molar-refractivity contribution < 1.29 is 14.6 Å². The van der Waals surface area contributed by atoms with E-state index in [1.807, 2.05) is 67.6 Å². The summed E-state index contributed by atoms with van der Waals surface area (Å²) in [6, 6.07) is 15.5. The summed E-state index contributed by atoms with van der Waals surface area (Å²) < 4.78 is 13.0. The highest BCUT2D eigenvalue weighted by Crippen LogP contribution is 2.30. The van der Waals surface area contributed by atoms with Crippen LogP contribution in [0.5, 0.6) is 11.5 Å². The van der Waals surface area contributed by atoms with Gasteiger partial charge in [0.15, 0.2) is 17.1 Å². The normalized spacial score (nSPS) is 12.3. The number of hydrogen-bond donors (Lipinski definition) is 1. The molecule has 4 aromatic rings. The van der Waals surface area contributed by atoms with Crippen LogP contribution in [0.4, 0.5) is 0 Å². The maximum Gasteiger partial charge on any atom is 0.167 e. The van der Waals surface area contributed by atoms with Crippen LogP contribution >= 0.6 is 11.8 Å². The first kappa shape index (κ1) is 21.9. The molecule has 1 unspecified atom stereocenters. The average Bonchev–Trinajstić information content (AvgIpc) is 3.27. The average molecular weight is 449 g/mol. The maximum atomic E-state index is 10.5. The lowest BCUT2D eigenvalue weighted by Crippen LogP contribution is -2.20. The number of ether oxygens (including phenoxy) is 2. The van der Waals surface area contributed by atoms with Crippen LogP contribution in [0.15, 0.2) is 72.2 Å². The van der Waals surface area contributed by atoms with Crippen LogP contribution in [0.25, 0.3) is 22.8 Å². The van der Waals surface area contributed by atoms with Crippen molar-refractivity contribution >= 4 is 28.9 Å². The molecule has 0 bridgehead atoms. The molecule has 7 nitrogen and oxygen atoms in total. The van der Waals surface area contributed by atoms with Crippen molar-refractivity contribution in [2.75, 3.05) is 19.5 Å². The standard InChI is InChI=1S/C24H24N4O3S/c1-3-7-17-10-11-21(22(12-17)30-2)31-14-19(29)15-32-24-20-13-27-28(23(20)25-16-26-24)18-8-5-4-6-9-18/h3-13,16,19,29H,14-15H2,1-2H3/b7-3+. The molecule has 8 heteroatoms. The van der Waals surface area contributed by atoms with Crippen molar-refractivity contribution in [1.82, 2.24) is 19.7 Å². The highest BCUT2D eigenvalue weighted by atomic mass is 32.2. The van der Waals surface area contributed by atoms with E-state index >= 15 is 0 Å². The molecular formula is C24H24N4O3S. The number of aliphatic hydroxyl groups excluding tert-OH is 1.